The SMILES string of the molecule is CCCN(Cc1cc(NC(=O)CC(C)C)ccc1N(C)C)C(=O)C(CC)c1ccccc1. The van der Waals surface area contributed by atoms with Gasteiger partial charge in [0.15, 0.2) is 0 Å². The van der Waals surface area contributed by atoms with E-state index in [1.165, 1.54) is 0 Å². The Balaban J connectivity index is 2.32. The second kappa shape index (κ2) is 12.3. The van der Waals surface area contributed by atoms with Crippen LogP contribution in [0.25, 0.3) is 0 Å². The van der Waals surface area contributed by atoms with Crippen molar-refractivity contribution < 1.29 is 9.59 Å². The number of carbonyl (C=O) groups is 2. The van der Waals surface area contributed by atoms with Crippen LogP contribution < -0.4 is 10.2 Å². The molecule has 1 atom stereocenters. The molecule has 0 saturated heterocycles. The fraction of sp³-hybridized carbons (Fsp3) is 0.481. The number of hydrogen-bond acceptors (Lipinski definition) is 3. The van der Waals surface area contributed by atoms with Gasteiger partial charge in [0.05, 0.1) is 5.92 Å². The fourth-order valence-electron chi connectivity index (χ4n) is 4.01. The Labute approximate surface area is 193 Å². The van der Waals surface area contributed by atoms with E-state index in [2.05, 4.69) is 24.1 Å². The second-order valence-corrected chi connectivity index (χ2v) is 9.02. The molecule has 0 fully saturated rings. The van der Waals surface area contributed by atoms with E-state index in [0.29, 0.717) is 25.4 Å². The lowest BCUT2D eigenvalue weighted by Crippen LogP contribution is -2.35. The first-order valence-corrected chi connectivity index (χ1v) is 11.7. The van der Waals surface area contributed by atoms with Gasteiger partial charge in [-0.05, 0) is 48.1 Å². The third-order valence-corrected chi connectivity index (χ3v) is 5.51. The lowest BCUT2D eigenvalue weighted by atomic mass is 9.94. The van der Waals surface area contributed by atoms with Gasteiger partial charge in [-0.1, -0.05) is 58.0 Å². The minimum atomic E-state index is -0.153. The van der Waals surface area contributed by atoms with Crippen molar-refractivity contribution in [2.24, 2.45) is 5.92 Å². The summed E-state index contributed by atoms with van der Waals surface area (Å²) in [6.45, 7) is 9.43. The van der Waals surface area contributed by atoms with Crippen LogP contribution in [0.1, 0.15) is 64.0 Å². The van der Waals surface area contributed by atoms with Crippen LogP contribution in [0.3, 0.4) is 0 Å². The molecule has 32 heavy (non-hydrogen) atoms. The number of benzene rings is 2. The average Bonchev–Trinajstić information content (AvgIpc) is 2.74. The van der Waals surface area contributed by atoms with Crippen molar-refractivity contribution in [1.29, 1.82) is 0 Å². The van der Waals surface area contributed by atoms with Crippen molar-refractivity contribution in [1.82, 2.24) is 4.90 Å². The van der Waals surface area contributed by atoms with Gasteiger partial charge in [0.1, 0.15) is 0 Å². The third-order valence-electron chi connectivity index (χ3n) is 5.51. The Morgan fingerprint density at radius 2 is 1.69 bits per heavy atom. The molecule has 0 aliphatic rings. The molecule has 2 aromatic carbocycles. The van der Waals surface area contributed by atoms with Gasteiger partial charge in [-0.3, -0.25) is 9.59 Å². The lowest BCUT2D eigenvalue weighted by Gasteiger charge is -2.29. The molecular weight excluding hydrogens is 398 g/mol. The summed E-state index contributed by atoms with van der Waals surface area (Å²) >= 11 is 0. The van der Waals surface area contributed by atoms with Crippen molar-refractivity contribution in [3.05, 3.63) is 59.7 Å². The molecule has 0 radical (unpaired) electrons. The Morgan fingerprint density at radius 3 is 2.25 bits per heavy atom. The molecule has 2 amide bonds. The number of nitrogens with zero attached hydrogens (tertiary/aromatic N) is 2. The number of amides is 2. The standard InChI is InChI=1S/C27H39N3O2/c1-7-16-30(27(32)24(8-2)21-12-10-9-11-13-21)19-22-18-23(14-15-25(22)29(5)6)28-26(31)17-20(3)4/h9-15,18,20,24H,7-8,16-17,19H2,1-6H3,(H,28,31). The second-order valence-electron chi connectivity index (χ2n) is 9.02. The summed E-state index contributed by atoms with van der Waals surface area (Å²) in [5.74, 6) is 0.316. The van der Waals surface area contributed by atoms with Crippen LogP contribution in [0, 0.1) is 5.92 Å². The maximum Gasteiger partial charge on any atom is 0.230 e. The van der Waals surface area contributed by atoms with E-state index < -0.39 is 0 Å². The molecule has 5 heteroatoms. The summed E-state index contributed by atoms with van der Waals surface area (Å²) in [6.07, 6.45) is 2.13. The molecule has 2 aromatic rings. The third kappa shape index (κ3) is 7.11. The van der Waals surface area contributed by atoms with Crippen LogP contribution in [0.5, 0.6) is 0 Å². The molecule has 0 bridgehead atoms. The van der Waals surface area contributed by atoms with E-state index in [4.69, 9.17) is 0 Å². The van der Waals surface area contributed by atoms with Crippen LogP contribution in [-0.2, 0) is 16.1 Å². The van der Waals surface area contributed by atoms with Gasteiger partial charge in [-0.25, -0.2) is 0 Å². The highest BCUT2D eigenvalue weighted by Crippen LogP contribution is 2.28. The number of nitrogens with one attached hydrogen (secondary N) is 1. The van der Waals surface area contributed by atoms with Gasteiger partial charge >= 0.3 is 0 Å². The Kier molecular flexibility index (Phi) is 9.76. The molecule has 0 aromatic heterocycles. The highest BCUT2D eigenvalue weighted by molar-refractivity contribution is 5.91. The molecule has 0 aliphatic carbocycles. The van der Waals surface area contributed by atoms with E-state index in [9.17, 15) is 9.59 Å². The topological polar surface area (TPSA) is 52.7 Å². The zero-order valence-corrected chi connectivity index (χ0v) is 20.5. The molecule has 0 aliphatic heterocycles. The van der Waals surface area contributed by atoms with Crippen LogP contribution >= 0.6 is 0 Å². The predicted octanol–water partition coefficient (Wildman–Crippen LogP) is 5.67. The molecule has 5 nitrogen and oxygen atoms in total. The molecule has 2 rings (SSSR count). The maximum absolute atomic E-state index is 13.6. The van der Waals surface area contributed by atoms with Gasteiger partial charge in [-0.15, -0.1) is 0 Å². The molecule has 1 unspecified atom stereocenters. The molecule has 0 spiro atoms. The van der Waals surface area contributed by atoms with E-state index in [1.54, 1.807) is 0 Å². The first-order chi connectivity index (χ1) is 15.3. The zero-order chi connectivity index (χ0) is 23.7. The summed E-state index contributed by atoms with van der Waals surface area (Å²) in [4.78, 5) is 29.9. The lowest BCUT2D eigenvalue weighted by molar-refractivity contribution is -0.133. The van der Waals surface area contributed by atoms with Crippen LogP contribution in [0.2, 0.25) is 0 Å². The fourth-order valence-corrected chi connectivity index (χ4v) is 4.01. The van der Waals surface area contributed by atoms with E-state index in [-0.39, 0.29) is 17.7 Å². The van der Waals surface area contributed by atoms with Gasteiger partial charge in [0, 0.05) is 45.0 Å². The number of hydrogen-bond donors (Lipinski definition) is 1. The maximum atomic E-state index is 13.6. The molecule has 0 saturated carbocycles. The Morgan fingerprint density at radius 1 is 1.00 bits per heavy atom. The van der Waals surface area contributed by atoms with Crippen molar-refractivity contribution in [2.45, 2.75) is 59.4 Å². The summed E-state index contributed by atoms with van der Waals surface area (Å²) in [6, 6.07) is 16.0. The Bertz CT molecular complexity index is 878. The van der Waals surface area contributed by atoms with Gasteiger partial charge < -0.3 is 15.1 Å². The summed E-state index contributed by atoms with van der Waals surface area (Å²) in [7, 11) is 4.00. The zero-order valence-electron chi connectivity index (χ0n) is 20.5. The van der Waals surface area contributed by atoms with Gasteiger partial charge in [0.25, 0.3) is 0 Å². The molecule has 1 N–H and O–H groups in total. The summed E-state index contributed by atoms with van der Waals surface area (Å²) in [5.41, 5.74) is 3.91. The van der Waals surface area contributed by atoms with E-state index in [1.807, 2.05) is 81.4 Å². The number of anilines is 2. The first kappa shape index (κ1) is 25.4. The van der Waals surface area contributed by atoms with Crippen molar-refractivity contribution in [2.75, 3.05) is 30.9 Å². The van der Waals surface area contributed by atoms with Crippen LogP contribution in [-0.4, -0.2) is 37.4 Å². The van der Waals surface area contributed by atoms with Gasteiger partial charge in [-0.2, -0.15) is 0 Å². The minimum absolute atomic E-state index is 0.0140. The Hall–Kier alpha value is -2.82. The van der Waals surface area contributed by atoms with Crippen LogP contribution in [0.4, 0.5) is 11.4 Å². The largest absolute Gasteiger partial charge is 0.377 e. The molecular formula is C27H39N3O2. The smallest absolute Gasteiger partial charge is 0.230 e. The predicted molar refractivity (Wildman–Crippen MR) is 134 cm³/mol. The minimum Gasteiger partial charge on any atom is -0.377 e. The summed E-state index contributed by atoms with van der Waals surface area (Å²) in [5, 5.41) is 3.01. The highest BCUT2D eigenvalue weighted by Gasteiger charge is 2.25. The quantitative estimate of drug-likeness (QED) is 0.493. The first-order valence-electron chi connectivity index (χ1n) is 11.7. The molecule has 174 valence electrons. The van der Waals surface area contributed by atoms with E-state index >= 15 is 0 Å². The normalized spacial score (nSPS) is 11.8. The molecule has 0 heterocycles. The highest BCUT2D eigenvalue weighted by atomic mass is 16.2. The van der Waals surface area contributed by atoms with Crippen molar-refractivity contribution >= 4 is 23.2 Å². The number of carbonyl (C=O) groups excluding carboxylic acids is 2. The monoisotopic (exact) mass is 437 g/mol. The van der Waals surface area contributed by atoms with Gasteiger partial charge in [0.2, 0.25) is 11.8 Å². The summed E-state index contributed by atoms with van der Waals surface area (Å²) < 4.78 is 0. The van der Waals surface area contributed by atoms with Crippen molar-refractivity contribution in [3.63, 3.8) is 0 Å². The average molecular weight is 438 g/mol. The van der Waals surface area contributed by atoms with Crippen LogP contribution in [0.15, 0.2) is 48.5 Å². The van der Waals surface area contributed by atoms with Crippen molar-refractivity contribution in [3.8, 4) is 0 Å². The number of rotatable bonds is 11. The van der Waals surface area contributed by atoms with E-state index in [0.717, 1.165) is 35.3 Å².